The predicted octanol–water partition coefficient (Wildman–Crippen LogP) is 5.60. The predicted molar refractivity (Wildman–Crippen MR) is 97.9 cm³/mol. The van der Waals surface area contributed by atoms with Gasteiger partial charge in [0.15, 0.2) is 0 Å². The highest BCUT2D eigenvalue weighted by Crippen LogP contribution is 2.19. The second-order valence-corrected chi connectivity index (χ2v) is 5.70. The van der Waals surface area contributed by atoms with Crippen molar-refractivity contribution in [3.05, 3.63) is 59.7 Å². The molecule has 0 aliphatic heterocycles. The summed E-state index contributed by atoms with van der Waals surface area (Å²) in [5.41, 5.74) is 4.49. The molecule has 0 saturated carbocycles. The van der Waals surface area contributed by atoms with Gasteiger partial charge in [-0.2, -0.15) is 10.2 Å². The highest BCUT2D eigenvalue weighted by molar-refractivity contribution is 5.42. The Labute approximate surface area is 139 Å². The molecule has 0 fully saturated rings. The third-order valence-electron chi connectivity index (χ3n) is 3.88. The van der Waals surface area contributed by atoms with Crippen molar-refractivity contribution in [2.45, 2.75) is 39.5 Å². The van der Waals surface area contributed by atoms with E-state index < -0.39 is 0 Å². The lowest BCUT2D eigenvalue weighted by molar-refractivity contribution is 0.641. The molecule has 122 valence electrons. The Hall–Kier alpha value is -2.00. The van der Waals surface area contributed by atoms with E-state index in [-0.39, 0.29) is 0 Å². The lowest BCUT2D eigenvalue weighted by Crippen LogP contribution is -2.13. The summed E-state index contributed by atoms with van der Waals surface area (Å²) in [6.07, 6.45) is 4.62. The van der Waals surface area contributed by atoms with Crippen molar-refractivity contribution in [2.24, 2.45) is 10.2 Å². The lowest BCUT2D eigenvalue weighted by Gasteiger charge is -2.03. The second kappa shape index (κ2) is 9.90. The standard InChI is InChI=1S/C20H27N3/c1-3-17-8-12-19(13-9-17)22-23-20-14-10-18(11-15-20)7-5-6-16-21-4-2/h8-15,21H,3-7,16H2,1-2H3. The summed E-state index contributed by atoms with van der Waals surface area (Å²) >= 11 is 0. The Morgan fingerprint density at radius 3 is 1.83 bits per heavy atom. The van der Waals surface area contributed by atoms with Crippen molar-refractivity contribution < 1.29 is 0 Å². The summed E-state index contributed by atoms with van der Waals surface area (Å²) in [6.45, 7) is 6.46. The van der Waals surface area contributed by atoms with Gasteiger partial charge in [-0.05, 0) is 74.2 Å². The number of unbranched alkanes of at least 4 members (excludes halogenated alkanes) is 1. The molecule has 23 heavy (non-hydrogen) atoms. The largest absolute Gasteiger partial charge is 0.317 e. The van der Waals surface area contributed by atoms with Gasteiger partial charge >= 0.3 is 0 Å². The van der Waals surface area contributed by atoms with E-state index in [2.05, 4.69) is 53.7 Å². The molecule has 3 nitrogen and oxygen atoms in total. The molecule has 0 saturated heterocycles. The molecule has 2 aromatic carbocycles. The summed E-state index contributed by atoms with van der Waals surface area (Å²) in [5.74, 6) is 0. The Bertz CT molecular complexity index is 585. The van der Waals surface area contributed by atoms with E-state index in [1.807, 2.05) is 24.3 Å². The molecule has 2 rings (SSSR count). The van der Waals surface area contributed by atoms with Crippen molar-refractivity contribution in [3.63, 3.8) is 0 Å². The molecule has 0 aliphatic rings. The van der Waals surface area contributed by atoms with Crippen LogP contribution in [0.5, 0.6) is 0 Å². The molecule has 0 atom stereocenters. The molecule has 0 spiro atoms. The van der Waals surface area contributed by atoms with Crippen molar-refractivity contribution in [1.82, 2.24) is 5.32 Å². The second-order valence-electron chi connectivity index (χ2n) is 5.70. The Kier molecular flexibility index (Phi) is 7.47. The van der Waals surface area contributed by atoms with Gasteiger partial charge in [-0.15, -0.1) is 0 Å². The number of benzene rings is 2. The van der Waals surface area contributed by atoms with Crippen LogP contribution in [0.1, 0.15) is 37.8 Å². The summed E-state index contributed by atoms with van der Waals surface area (Å²) in [6, 6.07) is 16.6. The van der Waals surface area contributed by atoms with Gasteiger partial charge in [0.1, 0.15) is 0 Å². The Morgan fingerprint density at radius 2 is 1.30 bits per heavy atom. The van der Waals surface area contributed by atoms with Crippen LogP contribution in [0.4, 0.5) is 11.4 Å². The zero-order chi connectivity index (χ0) is 16.3. The molecule has 2 aromatic rings. The minimum absolute atomic E-state index is 0.898. The van der Waals surface area contributed by atoms with Gasteiger partial charge in [0.05, 0.1) is 11.4 Å². The summed E-state index contributed by atoms with van der Waals surface area (Å²) in [5, 5.41) is 12.0. The van der Waals surface area contributed by atoms with Crippen LogP contribution in [0, 0.1) is 0 Å². The van der Waals surface area contributed by atoms with Crippen LogP contribution in [0.15, 0.2) is 58.8 Å². The number of hydrogen-bond acceptors (Lipinski definition) is 3. The first kappa shape index (κ1) is 17.4. The quantitative estimate of drug-likeness (QED) is 0.475. The van der Waals surface area contributed by atoms with Crippen LogP contribution < -0.4 is 5.32 Å². The molecule has 0 heterocycles. The van der Waals surface area contributed by atoms with Crippen LogP contribution in [-0.2, 0) is 12.8 Å². The average Bonchev–Trinajstić information content (AvgIpc) is 2.61. The highest BCUT2D eigenvalue weighted by Gasteiger charge is 1.96. The first-order valence-corrected chi connectivity index (χ1v) is 8.62. The molecule has 0 radical (unpaired) electrons. The smallest absolute Gasteiger partial charge is 0.0857 e. The number of nitrogens with one attached hydrogen (secondary N) is 1. The van der Waals surface area contributed by atoms with E-state index in [1.165, 1.54) is 24.0 Å². The molecule has 0 amide bonds. The van der Waals surface area contributed by atoms with E-state index in [0.29, 0.717) is 0 Å². The van der Waals surface area contributed by atoms with Crippen molar-refractivity contribution in [2.75, 3.05) is 13.1 Å². The average molecular weight is 309 g/mol. The molecule has 1 N–H and O–H groups in total. The maximum absolute atomic E-state index is 4.31. The van der Waals surface area contributed by atoms with E-state index in [4.69, 9.17) is 0 Å². The first-order chi connectivity index (χ1) is 11.3. The van der Waals surface area contributed by atoms with Gasteiger partial charge < -0.3 is 5.32 Å². The lowest BCUT2D eigenvalue weighted by atomic mass is 10.1. The van der Waals surface area contributed by atoms with E-state index >= 15 is 0 Å². The third-order valence-corrected chi connectivity index (χ3v) is 3.88. The molecular weight excluding hydrogens is 282 g/mol. The van der Waals surface area contributed by atoms with E-state index in [1.54, 1.807) is 0 Å². The topological polar surface area (TPSA) is 36.8 Å². The van der Waals surface area contributed by atoms with E-state index in [9.17, 15) is 0 Å². The van der Waals surface area contributed by atoms with Crippen molar-refractivity contribution in [1.29, 1.82) is 0 Å². The van der Waals surface area contributed by atoms with Gasteiger partial charge in [0, 0.05) is 0 Å². The van der Waals surface area contributed by atoms with Crippen LogP contribution in [0.3, 0.4) is 0 Å². The van der Waals surface area contributed by atoms with Gasteiger partial charge in [-0.25, -0.2) is 0 Å². The third kappa shape index (κ3) is 6.33. The minimum atomic E-state index is 0.898. The maximum atomic E-state index is 4.31. The summed E-state index contributed by atoms with van der Waals surface area (Å²) in [4.78, 5) is 0. The van der Waals surface area contributed by atoms with E-state index in [0.717, 1.165) is 37.3 Å². The fourth-order valence-electron chi connectivity index (χ4n) is 2.40. The number of aryl methyl sites for hydroxylation is 2. The van der Waals surface area contributed by atoms with Gasteiger partial charge in [0.2, 0.25) is 0 Å². The highest BCUT2D eigenvalue weighted by atomic mass is 15.1. The summed E-state index contributed by atoms with van der Waals surface area (Å²) < 4.78 is 0. The van der Waals surface area contributed by atoms with Gasteiger partial charge in [-0.3, -0.25) is 0 Å². The zero-order valence-electron chi connectivity index (χ0n) is 14.3. The van der Waals surface area contributed by atoms with Gasteiger partial charge in [0.25, 0.3) is 0 Å². The molecule has 0 aliphatic carbocycles. The van der Waals surface area contributed by atoms with Crippen molar-refractivity contribution >= 4 is 11.4 Å². The number of azo groups is 1. The summed E-state index contributed by atoms with van der Waals surface area (Å²) in [7, 11) is 0. The number of rotatable bonds is 9. The normalized spacial score (nSPS) is 11.2. The molecule has 0 aromatic heterocycles. The maximum Gasteiger partial charge on any atom is 0.0857 e. The monoisotopic (exact) mass is 309 g/mol. The molecule has 3 heteroatoms. The number of nitrogens with zero attached hydrogens (tertiary/aromatic N) is 2. The zero-order valence-corrected chi connectivity index (χ0v) is 14.3. The first-order valence-electron chi connectivity index (χ1n) is 8.62. The van der Waals surface area contributed by atoms with Gasteiger partial charge in [-0.1, -0.05) is 38.1 Å². The molecular formula is C20H27N3. The fraction of sp³-hybridized carbons (Fsp3) is 0.400. The SMILES string of the molecule is CCNCCCCc1ccc(N=Nc2ccc(CC)cc2)cc1. The van der Waals surface area contributed by atoms with Crippen LogP contribution >= 0.6 is 0 Å². The molecule has 0 bridgehead atoms. The molecule has 0 unspecified atom stereocenters. The van der Waals surface area contributed by atoms with Crippen molar-refractivity contribution in [3.8, 4) is 0 Å². The Morgan fingerprint density at radius 1 is 0.739 bits per heavy atom. The minimum Gasteiger partial charge on any atom is -0.317 e. The van der Waals surface area contributed by atoms with Crippen LogP contribution in [0.2, 0.25) is 0 Å². The fourth-order valence-corrected chi connectivity index (χ4v) is 2.40. The van der Waals surface area contributed by atoms with Crippen LogP contribution in [0.25, 0.3) is 0 Å². The van der Waals surface area contributed by atoms with Crippen LogP contribution in [-0.4, -0.2) is 13.1 Å². The number of hydrogen-bond donors (Lipinski definition) is 1. The Balaban J connectivity index is 1.82.